The Morgan fingerprint density at radius 3 is 2.80 bits per heavy atom. The van der Waals surface area contributed by atoms with E-state index in [1.54, 1.807) is 0 Å². The first-order valence-electron chi connectivity index (χ1n) is 7.94. The van der Waals surface area contributed by atoms with E-state index in [0.717, 1.165) is 6.54 Å². The Hall–Kier alpha value is 0.1000. The lowest BCUT2D eigenvalue weighted by Crippen LogP contribution is -2.64. The van der Waals surface area contributed by atoms with Crippen molar-refractivity contribution in [3.05, 3.63) is 20.8 Å². The van der Waals surface area contributed by atoms with Crippen LogP contribution in [0.5, 0.6) is 0 Å². The molecule has 1 unspecified atom stereocenters. The molecular weight excluding hydrogens is 332 g/mol. The molecule has 1 saturated heterocycles. The lowest BCUT2D eigenvalue weighted by Gasteiger charge is -2.52. The number of halogens is 1. The van der Waals surface area contributed by atoms with Gasteiger partial charge in [0.1, 0.15) is 0 Å². The molecular formula is C16H25BrN2S. The van der Waals surface area contributed by atoms with E-state index in [2.05, 4.69) is 45.2 Å². The molecule has 2 aliphatic rings. The maximum absolute atomic E-state index is 3.80. The maximum atomic E-state index is 3.80. The molecule has 1 spiro atoms. The quantitative estimate of drug-likeness (QED) is 0.863. The molecule has 1 aliphatic carbocycles. The molecule has 0 bridgehead atoms. The second-order valence-corrected chi connectivity index (χ2v) is 8.90. The maximum Gasteiger partial charge on any atom is 0.0701 e. The summed E-state index contributed by atoms with van der Waals surface area (Å²) in [7, 11) is 0. The highest BCUT2D eigenvalue weighted by molar-refractivity contribution is 9.11. The Balaban J connectivity index is 1.77. The zero-order valence-electron chi connectivity index (χ0n) is 12.3. The van der Waals surface area contributed by atoms with Crippen LogP contribution in [0.2, 0.25) is 0 Å². The normalized spacial score (nSPS) is 27.0. The SMILES string of the molecule is CCC1CN(Cc2ccc(Br)s2)C2(CCCCC2)CN1. The van der Waals surface area contributed by atoms with E-state index in [1.807, 2.05) is 11.3 Å². The topological polar surface area (TPSA) is 15.3 Å². The molecule has 0 radical (unpaired) electrons. The Morgan fingerprint density at radius 2 is 2.15 bits per heavy atom. The number of piperazine rings is 1. The summed E-state index contributed by atoms with van der Waals surface area (Å²) >= 11 is 5.49. The molecule has 20 heavy (non-hydrogen) atoms. The summed E-state index contributed by atoms with van der Waals surface area (Å²) in [6.07, 6.45) is 8.23. The highest BCUT2D eigenvalue weighted by atomic mass is 79.9. The van der Waals surface area contributed by atoms with Crippen LogP contribution in [0.4, 0.5) is 0 Å². The minimum absolute atomic E-state index is 0.431. The van der Waals surface area contributed by atoms with Gasteiger partial charge in [0, 0.05) is 36.1 Å². The average molecular weight is 357 g/mol. The Labute approximate surface area is 135 Å². The van der Waals surface area contributed by atoms with Crippen molar-refractivity contribution in [1.29, 1.82) is 0 Å². The monoisotopic (exact) mass is 356 g/mol. The summed E-state index contributed by atoms with van der Waals surface area (Å²) in [5.74, 6) is 0. The number of nitrogens with one attached hydrogen (secondary N) is 1. The molecule has 112 valence electrons. The van der Waals surface area contributed by atoms with Crippen molar-refractivity contribution in [1.82, 2.24) is 10.2 Å². The van der Waals surface area contributed by atoms with Crippen molar-refractivity contribution in [3.8, 4) is 0 Å². The molecule has 1 aromatic heterocycles. The van der Waals surface area contributed by atoms with Gasteiger partial charge in [-0.1, -0.05) is 26.2 Å². The van der Waals surface area contributed by atoms with Gasteiger partial charge in [0.05, 0.1) is 3.79 Å². The predicted octanol–water partition coefficient (Wildman–Crippen LogP) is 4.40. The molecule has 2 fully saturated rings. The second-order valence-electron chi connectivity index (χ2n) is 6.36. The summed E-state index contributed by atoms with van der Waals surface area (Å²) in [6, 6.07) is 5.15. The van der Waals surface area contributed by atoms with Gasteiger partial charge in [0.2, 0.25) is 0 Å². The predicted molar refractivity (Wildman–Crippen MR) is 90.3 cm³/mol. The van der Waals surface area contributed by atoms with Gasteiger partial charge >= 0.3 is 0 Å². The Morgan fingerprint density at radius 1 is 1.35 bits per heavy atom. The van der Waals surface area contributed by atoms with Crippen LogP contribution < -0.4 is 5.32 Å². The van der Waals surface area contributed by atoms with Crippen molar-refractivity contribution >= 4 is 27.3 Å². The van der Waals surface area contributed by atoms with Crippen molar-refractivity contribution < 1.29 is 0 Å². The van der Waals surface area contributed by atoms with Gasteiger partial charge in [-0.3, -0.25) is 4.90 Å². The molecule has 4 heteroatoms. The second kappa shape index (κ2) is 6.47. The van der Waals surface area contributed by atoms with E-state index in [-0.39, 0.29) is 0 Å². The lowest BCUT2D eigenvalue weighted by atomic mass is 9.78. The van der Waals surface area contributed by atoms with Crippen LogP contribution in [0.3, 0.4) is 0 Å². The van der Waals surface area contributed by atoms with Crippen LogP contribution in [0, 0.1) is 0 Å². The van der Waals surface area contributed by atoms with E-state index >= 15 is 0 Å². The molecule has 1 atom stereocenters. The van der Waals surface area contributed by atoms with Crippen molar-refractivity contribution in [3.63, 3.8) is 0 Å². The van der Waals surface area contributed by atoms with E-state index in [4.69, 9.17) is 0 Å². The van der Waals surface area contributed by atoms with E-state index in [9.17, 15) is 0 Å². The van der Waals surface area contributed by atoms with E-state index < -0.39 is 0 Å². The largest absolute Gasteiger partial charge is 0.311 e. The van der Waals surface area contributed by atoms with Crippen LogP contribution in [0.1, 0.15) is 50.3 Å². The van der Waals surface area contributed by atoms with Gasteiger partial charge in [-0.15, -0.1) is 11.3 Å². The fraction of sp³-hybridized carbons (Fsp3) is 0.750. The minimum atomic E-state index is 0.431. The third kappa shape index (κ3) is 3.13. The molecule has 1 N–H and O–H groups in total. The molecule has 1 aliphatic heterocycles. The van der Waals surface area contributed by atoms with Gasteiger partial charge in [0.25, 0.3) is 0 Å². The third-order valence-electron chi connectivity index (χ3n) is 5.08. The highest BCUT2D eigenvalue weighted by Crippen LogP contribution is 2.37. The summed E-state index contributed by atoms with van der Waals surface area (Å²) < 4.78 is 1.26. The fourth-order valence-corrected chi connectivity index (χ4v) is 5.30. The van der Waals surface area contributed by atoms with Crippen molar-refractivity contribution in [2.45, 2.75) is 63.6 Å². The first kappa shape index (κ1) is 15.0. The van der Waals surface area contributed by atoms with Crippen molar-refractivity contribution in [2.24, 2.45) is 0 Å². The molecule has 2 heterocycles. The van der Waals surface area contributed by atoms with Crippen LogP contribution >= 0.6 is 27.3 Å². The number of hydrogen-bond donors (Lipinski definition) is 1. The first-order chi connectivity index (χ1) is 9.72. The standard InChI is InChI=1S/C16H25BrN2S/c1-2-13-10-19(11-14-6-7-15(17)20-14)16(12-18-13)8-4-3-5-9-16/h6-7,13,18H,2-5,8-12H2,1H3. The number of hydrogen-bond acceptors (Lipinski definition) is 3. The molecule has 0 amide bonds. The van der Waals surface area contributed by atoms with E-state index in [1.165, 1.54) is 60.3 Å². The summed E-state index contributed by atoms with van der Waals surface area (Å²) in [4.78, 5) is 4.30. The van der Waals surface area contributed by atoms with Gasteiger partial charge in [-0.2, -0.15) is 0 Å². The van der Waals surface area contributed by atoms with Gasteiger partial charge < -0.3 is 5.32 Å². The van der Waals surface area contributed by atoms with Gasteiger partial charge in [-0.05, 0) is 47.3 Å². The Kier molecular flexibility index (Phi) is 4.86. The summed E-state index contributed by atoms with van der Waals surface area (Å²) in [5.41, 5.74) is 0.431. The van der Waals surface area contributed by atoms with Crippen LogP contribution in [-0.2, 0) is 6.54 Å². The molecule has 1 saturated carbocycles. The smallest absolute Gasteiger partial charge is 0.0701 e. The molecule has 0 aromatic carbocycles. The first-order valence-corrected chi connectivity index (χ1v) is 9.55. The molecule has 3 rings (SSSR count). The Bertz CT molecular complexity index is 439. The van der Waals surface area contributed by atoms with Crippen LogP contribution in [-0.4, -0.2) is 29.6 Å². The van der Waals surface area contributed by atoms with Crippen LogP contribution in [0.25, 0.3) is 0 Å². The zero-order chi connectivity index (χ0) is 14.0. The average Bonchev–Trinajstić information content (AvgIpc) is 2.88. The van der Waals surface area contributed by atoms with Crippen molar-refractivity contribution in [2.75, 3.05) is 13.1 Å². The van der Waals surface area contributed by atoms with Gasteiger partial charge in [-0.25, -0.2) is 0 Å². The minimum Gasteiger partial charge on any atom is -0.311 e. The summed E-state index contributed by atoms with van der Waals surface area (Å²) in [5, 5.41) is 3.80. The highest BCUT2D eigenvalue weighted by Gasteiger charge is 2.41. The van der Waals surface area contributed by atoms with E-state index in [0.29, 0.717) is 11.6 Å². The molecule has 1 aromatic rings. The zero-order valence-corrected chi connectivity index (χ0v) is 14.7. The third-order valence-corrected chi connectivity index (χ3v) is 6.69. The summed E-state index contributed by atoms with van der Waals surface area (Å²) in [6.45, 7) is 5.84. The lowest BCUT2D eigenvalue weighted by molar-refractivity contribution is 0.00346. The number of thiophene rings is 1. The fourth-order valence-electron chi connectivity index (χ4n) is 3.80. The number of nitrogens with zero attached hydrogens (tertiary/aromatic N) is 1. The van der Waals surface area contributed by atoms with Gasteiger partial charge in [0.15, 0.2) is 0 Å². The van der Waals surface area contributed by atoms with Crippen LogP contribution in [0.15, 0.2) is 15.9 Å². The number of rotatable bonds is 3. The molecule has 2 nitrogen and oxygen atoms in total.